The fourth-order valence-electron chi connectivity index (χ4n) is 2.43. The lowest BCUT2D eigenvalue weighted by atomic mass is 10.1. The van der Waals surface area contributed by atoms with E-state index in [-0.39, 0.29) is 5.69 Å². The minimum Gasteiger partial charge on any atom is -0.465 e. The smallest absolute Gasteiger partial charge is 0.355 e. The molecule has 25 heavy (non-hydrogen) atoms. The van der Waals surface area contributed by atoms with Crippen molar-refractivity contribution in [2.24, 2.45) is 0 Å². The van der Waals surface area contributed by atoms with Gasteiger partial charge < -0.3 is 19.8 Å². The van der Waals surface area contributed by atoms with Gasteiger partial charge in [0, 0.05) is 11.4 Å². The number of ether oxygens (including phenoxy) is 2. The average Bonchev–Trinajstić information content (AvgIpc) is 2.96. The Morgan fingerprint density at radius 3 is 2.40 bits per heavy atom. The number of anilines is 1. The second-order valence-corrected chi connectivity index (χ2v) is 5.31. The predicted octanol–water partition coefficient (Wildman–Crippen LogP) is 2.47. The van der Waals surface area contributed by atoms with Crippen LogP contribution >= 0.6 is 0 Å². The summed E-state index contributed by atoms with van der Waals surface area (Å²) in [5.41, 5.74) is 2.11. The van der Waals surface area contributed by atoms with Crippen molar-refractivity contribution in [3.63, 3.8) is 0 Å². The highest BCUT2D eigenvalue weighted by molar-refractivity contribution is 5.99. The molecule has 2 N–H and O–H groups in total. The maximum atomic E-state index is 12.2. The van der Waals surface area contributed by atoms with Crippen molar-refractivity contribution in [1.82, 2.24) is 4.98 Å². The Bertz CT molecular complexity index is 780. The number of para-hydroxylation sites is 1. The standard InChI is InChI=1S/C18H20N2O5/c1-4-13-15(17(22)24-3)11(2)16(20-13)18(23)25-10-14(21)19-12-8-6-5-7-9-12/h5-9,20H,4,10H2,1-3H3,(H,19,21). The molecule has 0 saturated heterocycles. The Morgan fingerprint density at radius 1 is 1.12 bits per heavy atom. The summed E-state index contributed by atoms with van der Waals surface area (Å²) >= 11 is 0. The monoisotopic (exact) mass is 344 g/mol. The number of methoxy groups -OCH3 is 1. The van der Waals surface area contributed by atoms with E-state index >= 15 is 0 Å². The molecule has 1 heterocycles. The third-order valence-corrected chi connectivity index (χ3v) is 3.67. The van der Waals surface area contributed by atoms with Crippen LogP contribution in [0, 0.1) is 6.92 Å². The van der Waals surface area contributed by atoms with Crippen LogP contribution in [0.2, 0.25) is 0 Å². The molecule has 0 atom stereocenters. The second kappa shape index (κ2) is 8.14. The number of carbonyl (C=O) groups is 3. The molecule has 0 aliphatic heterocycles. The maximum absolute atomic E-state index is 12.2. The van der Waals surface area contributed by atoms with E-state index in [9.17, 15) is 14.4 Å². The number of aryl methyl sites for hydroxylation is 1. The molecule has 0 aliphatic rings. The number of H-pyrrole nitrogens is 1. The first-order valence-corrected chi connectivity index (χ1v) is 7.79. The van der Waals surface area contributed by atoms with Crippen LogP contribution in [0.5, 0.6) is 0 Å². The predicted molar refractivity (Wildman–Crippen MR) is 91.6 cm³/mol. The van der Waals surface area contributed by atoms with Crippen LogP contribution in [0.3, 0.4) is 0 Å². The van der Waals surface area contributed by atoms with E-state index in [0.29, 0.717) is 28.9 Å². The Morgan fingerprint density at radius 2 is 1.80 bits per heavy atom. The van der Waals surface area contributed by atoms with Crippen molar-refractivity contribution in [2.45, 2.75) is 20.3 Å². The fraction of sp³-hybridized carbons (Fsp3) is 0.278. The van der Waals surface area contributed by atoms with Gasteiger partial charge in [-0.15, -0.1) is 0 Å². The van der Waals surface area contributed by atoms with Gasteiger partial charge in [-0.3, -0.25) is 4.79 Å². The molecule has 7 heteroatoms. The molecule has 1 aromatic carbocycles. The van der Waals surface area contributed by atoms with Gasteiger partial charge >= 0.3 is 11.9 Å². The van der Waals surface area contributed by atoms with Crippen molar-refractivity contribution in [3.8, 4) is 0 Å². The summed E-state index contributed by atoms with van der Waals surface area (Å²) in [5.74, 6) is -1.68. The summed E-state index contributed by atoms with van der Waals surface area (Å²) in [4.78, 5) is 38.8. The average molecular weight is 344 g/mol. The lowest BCUT2D eigenvalue weighted by molar-refractivity contribution is -0.119. The first kappa shape index (κ1) is 18.3. The summed E-state index contributed by atoms with van der Waals surface area (Å²) in [6, 6.07) is 8.85. The first-order chi connectivity index (χ1) is 12.0. The number of esters is 2. The highest BCUT2D eigenvalue weighted by Crippen LogP contribution is 2.21. The van der Waals surface area contributed by atoms with Crippen molar-refractivity contribution >= 4 is 23.5 Å². The molecule has 0 unspecified atom stereocenters. The number of amides is 1. The number of benzene rings is 1. The Kier molecular flexibility index (Phi) is 5.94. The summed E-state index contributed by atoms with van der Waals surface area (Å²) in [7, 11) is 1.28. The van der Waals surface area contributed by atoms with Gasteiger partial charge in [0.05, 0.1) is 12.7 Å². The first-order valence-electron chi connectivity index (χ1n) is 7.79. The van der Waals surface area contributed by atoms with Crippen LogP contribution in [-0.4, -0.2) is 36.5 Å². The van der Waals surface area contributed by atoms with E-state index in [0.717, 1.165) is 0 Å². The molecule has 1 amide bonds. The molecule has 2 rings (SSSR count). The van der Waals surface area contributed by atoms with Crippen LogP contribution in [-0.2, 0) is 20.7 Å². The van der Waals surface area contributed by atoms with E-state index in [1.54, 1.807) is 31.2 Å². The number of rotatable bonds is 6. The van der Waals surface area contributed by atoms with Crippen LogP contribution in [0.15, 0.2) is 30.3 Å². The van der Waals surface area contributed by atoms with Gasteiger partial charge in [0.25, 0.3) is 5.91 Å². The lowest BCUT2D eigenvalue weighted by Gasteiger charge is -2.06. The van der Waals surface area contributed by atoms with Crippen LogP contribution in [0.1, 0.15) is 39.0 Å². The molecule has 0 radical (unpaired) electrons. The fourth-order valence-corrected chi connectivity index (χ4v) is 2.43. The van der Waals surface area contributed by atoms with E-state index in [1.165, 1.54) is 7.11 Å². The Hall–Kier alpha value is -3.09. The van der Waals surface area contributed by atoms with Gasteiger partial charge in [0.1, 0.15) is 5.69 Å². The van der Waals surface area contributed by atoms with Gasteiger partial charge in [0.2, 0.25) is 0 Å². The minimum absolute atomic E-state index is 0.143. The Labute approximate surface area is 145 Å². The van der Waals surface area contributed by atoms with Crippen LogP contribution < -0.4 is 5.32 Å². The van der Waals surface area contributed by atoms with Crippen molar-refractivity contribution in [2.75, 3.05) is 19.0 Å². The minimum atomic E-state index is -0.703. The van der Waals surface area contributed by atoms with Gasteiger partial charge in [0.15, 0.2) is 6.61 Å². The third kappa shape index (κ3) is 4.26. The molecule has 0 aliphatic carbocycles. The second-order valence-electron chi connectivity index (χ2n) is 5.31. The van der Waals surface area contributed by atoms with E-state index in [1.807, 2.05) is 13.0 Å². The number of hydrogen-bond donors (Lipinski definition) is 2. The lowest BCUT2D eigenvalue weighted by Crippen LogP contribution is -2.21. The van der Waals surface area contributed by atoms with Gasteiger partial charge in [-0.2, -0.15) is 0 Å². The van der Waals surface area contributed by atoms with Gasteiger partial charge in [-0.25, -0.2) is 9.59 Å². The molecule has 1 aromatic heterocycles. The number of aromatic nitrogens is 1. The molecule has 2 aromatic rings. The van der Waals surface area contributed by atoms with E-state index < -0.39 is 24.5 Å². The molecule has 0 fully saturated rings. The molecule has 7 nitrogen and oxygen atoms in total. The molecular formula is C18H20N2O5. The quantitative estimate of drug-likeness (QED) is 0.785. The number of nitrogens with one attached hydrogen (secondary N) is 2. The number of aromatic amines is 1. The molecule has 132 valence electrons. The summed E-state index contributed by atoms with van der Waals surface area (Å²) < 4.78 is 9.78. The van der Waals surface area contributed by atoms with Crippen LogP contribution in [0.25, 0.3) is 0 Å². The largest absolute Gasteiger partial charge is 0.465 e. The van der Waals surface area contributed by atoms with Gasteiger partial charge in [-0.05, 0) is 31.0 Å². The van der Waals surface area contributed by atoms with Crippen molar-refractivity contribution in [3.05, 3.63) is 52.8 Å². The molecule has 0 saturated carbocycles. The Balaban J connectivity index is 2.05. The molecule has 0 spiro atoms. The normalized spacial score (nSPS) is 10.2. The summed E-state index contributed by atoms with van der Waals surface area (Å²) in [5, 5.41) is 2.62. The maximum Gasteiger partial charge on any atom is 0.355 e. The third-order valence-electron chi connectivity index (χ3n) is 3.67. The van der Waals surface area contributed by atoms with Crippen molar-refractivity contribution in [1.29, 1.82) is 0 Å². The number of carbonyl (C=O) groups excluding carboxylic acids is 3. The van der Waals surface area contributed by atoms with Crippen LogP contribution in [0.4, 0.5) is 5.69 Å². The van der Waals surface area contributed by atoms with Crippen molar-refractivity contribution < 1.29 is 23.9 Å². The zero-order chi connectivity index (χ0) is 18.4. The summed E-state index contributed by atoms with van der Waals surface area (Å²) in [6.07, 6.45) is 0.521. The molecular weight excluding hydrogens is 324 g/mol. The highest BCUT2D eigenvalue weighted by atomic mass is 16.5. The zero-order valence-corrected chi connectivity index (χ0v) is 14.3. The van der Waals surface area contributed by atoms with Gasteiger partial charge in [-0.1, -0.05) is 25.1 Å². The highest BCUT2D eigenvalue weighted by Gasteiger charge is 2.24. The number of hydrogen-bond acceptors (Lipinski definition) is 5. The summed E-state index contributed by atoms with van der Waals surface area (Å²) in [6.45, 7) is 3.05. The zero-order valence-electron chi connectivity index (χ0n) is 14.3. The van der Waals surface area contributed by atoms with E-state index in [2.05, 4.69) is 10.3 Å². The molecule has 0 bridgehead atoms. The van der Waals surface area contributed by atoms with E-state index in [4.69, 9.17) is 9.47 Å². The topological polar surface area (TPSA) is 97.5 Å². The SMILES string of the molecule is CCc1[nH]c(C(=O)OCC(=O)Nc2ccccc2)c(C)c1C(=O)OC.